The molecule has 0 aliphatic heterocycles. The zero-order chi connectivity index (χ0) is 54.3. The number of thiazole rings is 3. The summed E-state index contributed by atoms with van der Waals surface area (Å²) in [5.74, 6) is -3.11. The number of aliphatic carboxylic acids is 3. The first-order chi connectivity index (χ1) is 36.4. The molecule has 9 aromatic rings. The molecule has 0 radical (unpaired) electrons. The van der Waals surface area contributed by atoms with Crippen molar-refractivity contribution in [3.63, 3.8) is 0 Å². The topological polar surface area (TPSA) is 187 Å². The normalized spacial score (nSPS) is 11.9. The highest BCUT2D eigenvalue weighted by Crippen LogP contribution is 2.30. The molecule has 0 amide bonds. The van der Waals surface area contributed by atoms with Gasteiger partial charge in [-0.3, -0.25) is 0 Å². The third-order valence-corrected chi connectivity index (χ3v) is 14.7. The third kappa shape index (κ3) is 17.3. The van der Waals surface area contributed by atoms with Gasteiger partial charge in [-0.15, -0.1) is 34.0 Å². The second-order valence-electron chi connectivity index (χ2n) is 17.5. The van der Waals surface area contributed by atoms with Crippen molar-refractivity contribution in [3.05, 3.63) is 209 Å². The van der Waals surface area contributed by atoms with Gasteiger partial charge in [-0.2, -0.15) is 0 Å². The molecular formula is C57H50BrCl2FN6O6S3. The summed E-state index contributed by atoms with van der Waals surface area (Å²) in [6.45, 7) is 5.88. The van der Waals surface area contributed by atoms with E-state index in [0.717, 1.165) is 49.2 Å². The van der Waals surface area contributed by atoms with Crippen molar-refractivity contribution in [2.45, 2.75) is 58.2 Å². The molecule has 0 spiro atoms. The van der Waals surface area contributed by atoms with Crippen molar-refractivity contribution in [3.8, 4) is 33.8 Å². The molecule has 0 aliphatic rings. The fourth-order valence-electron chi connectivity index (χ4n) is 7.37. The lowest BCUT2D eigenvalue weighted by Crippen LogP contribution is -2.31. The number of rotatable bonds is 18. The minimum absolute atomic E-state index is 0.292. The number of hydrogen-bond donors (Lipinski definition) is 6. The second kappa shape index (κ2) is 27.2. The number of carbonyl (C=O) groups is 3. The Morgan fingerprint density at radius 3 is 1.14 bits per heavy atom. The lowest BCUT2D eigenvalue weighted by molar-refractivity contribution is -0.138. The number of hydrogen-bond acceptors (Lipinski definition) is 12. The lowest BCUT2D eigenvalue weighted by atomic mass is 10.1. The van der Waals surface area contributed by atoms with Gasteiger partial charge in [-0.05, 0) is 97.6 Å². The number of halogens is 4. The van der Waals surface area contributed by atoms with Crippen LogP contribution in [-0.4, -0.2) is 66.3 Å². The van der Waals surface area contributed by atoms with Crippen LogP contribution in [0.3, 0.4) is 0 Å². The van der Waals surface area contributed by atoms with E-state index in [4.69, 9.17) is 23.2 Å². The average Bonchev–Trinajstić information content (AvgIpc) is 4.19. The largest absolute Gasteiger partial charge is 0.480 e. The number of aromatic nitrogens is 3. The molecule has 0 bridgehead atoms. The Bertz CT molecular complexity index is 3190. The van der Waals surface area contributed by atoms with E-state index in [-0.39, 0.29) is 5.82 Å². The van der Waals surface area contributed by atoms with Gasteiger partial charge in [0.25, 0.3) is 0 Å². The molecule has 9 rings (SSSR count). The van der Waals surface area contributed by atoms with E-state index in [2.05, 4.69) is 46.8 Å². The van der Waals surface area contributed by atoms with Crippen LogP contribution >= 0.6 is 73.1 Å². The van der Waals surface area contributed by atoms with Crippen molar-refractivity contribution < 1.29 is 34.1 Å². The second-order valence-corrected chi connectivity index (χ2v) is 21.8. The standard InChI is InChI=1S/C19H17BrN2O2S.C19H16ClFN2O2S.C19H17ClN2O2S/c1-12-2-6-14(7-3-12)17-11-25-19(22-17)21-16(18(23)24)10-13-4-8-15(20)9-5-13;1-11-6-13(9-15(21)7-11)17-10-26-19(23-17)22-16(18(24)25)8-12-2-4-14(20)5-3-12;1-12-2-6-14(7-3-12)17-11-25-19(22-17)21-16(18(23)24)10-13-4-8-15(20)9-5-13/h2-9,11,16H,10H2,1H3,(H,21,22)(H,23,24);2-7,9-10,16H,8H2,1H3,(H,22,23)(H,24,25);2-9,11,16H,10H2,1H3,(H,21,22)(H,23,24). The van der Waals surface area contributed by atoms with E-state index < -0.39 is 36.0 Å². The number of carboxylic acids is 3. The molecule has 390 valence electrons. The molecule has 6 aromatic carbocycles. The van der Waals surface area contributed by atoms with Gasteiger partial charge in [-0.1, -0.05) is 135 Å². The maximum Gasteiger partial charge on any atom is 0.326 e. The van der Waals surface area contributed by atoms with Crippen LogP contribution in [0.5, 0.6) is 0 Å². The molecule has 3 aromatic heterocycles. The molecule has 3 atom stereocenters. The molecule has 3 unspecified atom stereocenters. The van der Waals surface area contributed by atoms with Gasteiger partial charge in [0.05, 0.1) is 17.1 Å². The summed E-state index contributed by atoms with van der Waals surface area (Å²) in [6.07, 6.45) is 1.04. The number of benzene rings is 6. The van der Waals surface area contributed by atoms with Gasteiger partial charge in [0, 0.05) is 66.6 Å². The van der Waals surface area contributed by atoms with Crippen LogP contribution in [0.2, 0.25) is 10.0 Å². The van der Waals surface area contributed by atoms with Crippen LogP contribution in [0.25, 0.3) is 33.8 Å². The average molecular weight is 1180 g/mol. The molecular weight excluding hydrogens is 1130 g/mol. The number of nitrogens with one attached hydrogen (secondary N) is 3. The highest BCUT2D eigenvalue weighted by Gasteiger charge is 2.22. The summed E-state index contributed by atoms with van der Waals surface area (Å²) in [5.41, 5.74) is 10.9. The molecule has 3 heterocycles. The van der Waals surface area contributed by atoms with Gasteiger partial charge in [0.1, 0.15) is 23.9 Å². The van der Waals surface area contributed by atoms with Crippen molar-refractivity contribution in [2.75, 3.05) is 16.0 Å². The minimum atomic E-state index is -0.974. The smallest absolute Gasteiger partial charge is 0.326 e. The molecule has 0 saturated heterocycles. The molecule has 0 fully saturated rings. The summed E-state index contributed by atoms with van der Waals surface area (Å²) < 4.78 is 14.6. The quantitative estimate of drug-likeness (QED) is 0.0478. The van der Waals surface area contributed by atoms with E-state index in [1.807, 2.05) is 123 Å². The van der Waals surface area contributed by atoms with E-state index >= 15 is 0 Å². The first kappa shape index (κ1) is 56.7. The Hall–Kier alpha value is -6.99. The van der Waals surface area contributed by atoms with Crippen molar-refractivity contribution in [1.29, 1.82) is 0 Å². The molecule has 0 saturated carbocycles. The predicted octanol–water partition coefficient (Wildman–Crippen LogP) is 14.9. The summed E-state index contributed by atoms with van der Waals surface area (Å²) in [6, 6.07) is 40.5. The number of aryl methyl sites for hydroxylation is 3. The van der Waals surface area contributed by atoms with E-state index in [1.54, 1.807) is 41.8 Å². The summed E-state index contributed by atoms with van der Waals surface area (Å²) in [5, 5.41) is 46.0. The van der Waals surface area contributed by atoms with Gasteiger partial charge in [0.2, 0.25) is 0 Å². The Labute approximate surface area is 469 Å². The van der Waals surface area contributed by atoms with Crippen LogP contribution in [0, 0.1) is 26.6 Å². The van der Waals surface area contributed by atoms with Crippen LogP contribution in [0.4, 0.5) is 19.8 Å². The van der Waals surface area contributed by atoms with Crippen molar-refractivity contribution in [1.82, 2.24) is 15.0 Å². The monoisotopic (exact) mass is 1180 g/mol. The SMILES string of the molecule is Cc1cc(F)cc(-c2csc(NC(Cc3ccc(Cl)cc3)C(=O)O)n2)c1.Cc1ccc(-c2csc(NC(Cc3ccc(Br)cc3)C(=O)O)n2)cc1.Cc1ccc(-c2csc(NC(Cc3ccc(Cl)cc3)C(=O)O)n2)cc1. The fourth-order valence-corrected chi connectivity index (χ4v) is 10.2. The Morgan fingerprint density at radius 1 is 0.487 bits per heavy atom. The number of nitrogens with zero attached hydrogens (tertiary/aromatic N) is 3. The molecule has 0 aliphatic carbocycles. The van der Waals surface area contributed by atoms with E-state index in [1.165, 1.54) is 57.3 Å². The van der Waals surface area contributed by atoms with Gasteiger partial charge >= 0.3 is 17.9 Å². The Balaban J connectivity index is 0.000000166. The molecule has 12 nitrogen and oxygen atoms in total. The lowest BCUT2D eigenvalue weighted by Gasteiger charge is -2.13. The van der Waals surface area contributed by atoms with Crippen molar-refractivity contribution in [2.24, 2.45) is 0 Å². The summed E-state index contributed by atoms with van der Waals surface area (Å²) in [7, 11) is 0. The van der Waals surface area contributed by atoms with Crippen LogP contribution < -0.4 is 16.0 Å². The van der Waals surface area contributed by atoms with Crippen LogP contribution in [-0.2, 0) is 33.6 Å². The molecule has 6 N–H and O–H groups in total. The van der Waals surface area contributed by atoms with Gasteiger partial charge in [0.15, 0.2) is 15.4 Å². The van der Waals surface area contributed by atoms with Crippen molar-refractivity contribution >= 4 is 106 Å². The molecule has 19 heteroatoms. The Morgan fingerprint density at radius 2 is 0.816 bits per heavy atom. The maximum absolute atomic E-state index is 13.6. The highest BCUT2D eigenvalue weighted by atomic mass is 79.9. The first-order valence-corrected chi connectivity index (χ1v) is 27.6. The van der Waals surface area contributed by atoms with Gasteiger partial charge in [-0.25, -0.2) is 33.7 Å². The van der Waals surface area contributed by atoms with E-state index in [9.17, 15) is 34.1 Å². The third-order valence-electron chi connectivity index (χ3n) is 11.4. The summed E-state index contributed by atoms with van der Waals surface area (Å²) in [4.78, 5) is 48.2. The Kier molecular flexibility index (Phi) is 20.3. The zero-order valence-electron chi connectivity index (χ0n) is 41.0. The highest BCUT2D eigenvalue weighted by molar-refractivity contribution is 9.10. The fraction of sp³-hybridized carbons (Fsp3) is 0.158. The number of carboxylic acid groups (broad SMARTS) is 3. The molecule has 76 heavy (non-hydrogen) atoms. The minimum Gasteiger partial charge on any atom is -0.480 e. The number of anilines is 3. The van der Waals surface area contributed by atoms with Gasteiger partial charge < -0.3 is 31.3 Å². The maximum atomic E-state index is 13.6. The van der Waals surface area contributed by atoms with Crippen LogP contribution in [0.15, 0.2) is 160 Å². The van der Waals surface area contributed by atoms with Crippen LogP contribution in [0.1, 0.15) is 33.4 Å². The predicted molar refractivity (Wildman–Crippen MR) is 310 cm³/mol. The van der Waals surface area contributed by atoms with E-state index in [0.29, 0.717) is 56.0 Å². The summed E-state index contributed by atoms with van der Waals surface area (Å²) >= 11 is 19.2. The first-order valence-electron chi connectivity index (χ1n) is 23.4. The zero-order valence-corrected chi connectivity index (χ0v) is 46.6.